The maximum absolute atomic E-state index is 12.4. The number of likely N-dealkylation sites (tertiary alicyclic amines) is 1. The van der Waals surface area contributed by atoms with Crippen molar-refractivity contribution < 1.29 is 9.90 Å². The molecule has 122 valence electrons. The predicted molar refractivity (Wildman–Crippen MR) is 86.9 cm³/mol. The molecule has 0 bridgehead atoms. The Morgan fingerprint density at radius 2 is 2.13 bits per heavy atom. The van der Waals surface area contributed by atoms with Gasteiger partial charge in [-0.25, -0.2) is 4.79 Å². The minimum Gasteiger partial charge on any atom is -0.394 e. The van der Waals surface area contributed by atoms with E-state index in [1.165, 1.54) is 0 Å². The summed E-state index contributed by atoms with van der Waals surface area (Å²) in [5.74, 6) is 0.777. The molecule has 1 aromatic carbocycles. The van der Waals surface area contributed by atoms with Crippen molar-refractivity contribution in [3.63, 3.8) is 0 Å². The Morgan fingerprint density at radius 3 is 2.78 bits per heavy atom. The van der Waals surface area contributed by atoms with E-state index in [4.69, 9.17) is 0 Å². The summed E-state index contributed by atoms with van der Waals surface area (Å²) in [4.78, 5) is 14.1. The van der Waals surface area contributed by atoms with E-state index in [0.29, 0.717) is 6.54 Å². The number of benzene rings is 1. The summed E-state index contributed by atoms with van der Waals surface area (Å²) in [7, 11) is 1.89. The number of aromatic nitrogens is 3. The van der Waals surface area contributed by atoms with Crippen molar-refractivity contribution in [3.8, 4) is 11.4 Å². The Labute approximate surface area is 134 Å². The summed E-state index contributed by atoms with van der Waals surface area (Å²) in [5, 5.41) is 20.2. The molecule has 0 spiro atoms. The molecule has 1 aliphatic heterocycles. The van der Waals surface area contributed by atoms with Gasteiger partial charge in [0.05, 0.1) is 12.6 Å². The lowest BCUT2D eigenvalue weighted by Crippen LogP contribution is -2.47. The molecule has 7 heteroatoms. The highest BCUT2D eigenvalue weighted by atomic mass is 16.3. The van der Waals surface area contributed by atoms with Gasteiger partial charge < -0.3 is 19.9 Å². The molecule has 1 aromatic heterocycles. The largest absolute Gasteiger partial charge is 0.394 e. The van der Waals surface area contributed by atoms with Crippen molar-refractivity contribution in [3.05, 3.63) is 30.6 Å². The number of urea groups is 1. The molecule has 2 aromatic rings. The predicted octanol–water partition coefficient (Wildman–Crippen LogP) is 1.86. The number of amides is 2. The van der Waals surface area contributed by atoms with Gasteiger partial charge in [0, 0.05) is 24.8 Å². The zero-order valence-corrected chi connectivity index (χ0v) is 13.1. The maximum atomic E-state index is 12.4. The van der Waals surface area contributed by atoms with Gasteiger partial charge >= 0.3 is 6.03 Å². The van der Waals surface area contributed by atoms with Gasteiger partial charge in [-0.3, -0.25) is 0 Å². The Kier molecular flexibility index (Phi) is 4.57. The summed E-state index contributed by atoms with van der Waals surface area (Å²) in [6.45, 7) is 0.701. The minimum atomic E-state index is -0.157. The zero-order valence-electron chi connectivity index (χ0n) is 13.1. The molecule has 1 atom stereocenters. The summed E-state index contributed by atoms with van der Waals surface area (Å²) in [5.41, 5.74) is 1.66. The van der Waals surface area contributed by atoms with E-state index in [-0.39, 0.29) is 18.7 Å². The molecule has 3 rings (SSSR count). The van der Waals surface area contributed by atoms with Crippen molar-refractivity contribution in [1.29, 1.82) is 0 Å². The van der Waals surface area contributed by atoms with Crippen LogP contribution in [0, 0.1) is 0 Å². The van der Waals surface area contributed by atoms with Crippen LogP contribution in [-0.2, 0) is 7.05 Å². The van der Waals surface area contributed by atoms with E-state index >= 15 is 0 Å². The lowest BCUT2D eigenvalue weighted by molar-refractivity contribution is 0.115. The number of carbonyl (C=O) groups is 1. The fraction of sp³-hybridized carbons (Fsp3) is 0.438. The van der Waals surface area contributed by atoms with E-state index < -0.39 is 0 Å². The molecule has 0 unspecified atom stereocenters. The smallest absolute Gasteiger partial charge is 0.322 e. The number of nitrogens with one attached hydrogen (secondary N) is 1. The first-order chi connectivity index (χ1) is 11.2. The highest BCUT2D eigenvalue weighted by molar-refractivity contribution is 5.89. The fourth-order valence-electron chi connectivity index (χ4n) is 2.90. The van der Waals surface area contributed by atoms with E-state index in [9.17, 15) is 9.90 Å². The molecule has 1 fully saturated rings. The topological polar surface area (TPSA) is 83.3 Å². The highest BCUT2D eigenvalue weighted by Crippen LogP contribution is 2.21. The molecule has 2 heterocycles. The third-order valence-electron chi connectivity index (χ3n) is 4.20. The van der Waals surface area contributed by atoms with Crippen LogP contribution in [0.15, 0.2) is 30.6 Å². The number of anilines is 1. The zero-order chi connectivity index (χ0) is 16.2. The van der Waals surface area contributed by atoms with Gasteiger partial charge in [0.25, 0.3) is 0 Å². The third kappa shape index (κ3) is 3.34. The number of hydrogen-bond acceptors (Lipinski definition) is 4. The van der Waals surface area contributed by atoms with E-state index in [1.807, 2.05) is 35.9 Å². The Hall–Kier alpha value is -2.41. The lowest BCUT2D eigenvalue weighted by atomic mass is 10.0. The number of rotatable bonds is 3. The number of aliphatic hydroxyl groups excluding tert-OH is 1. The van der Waals surface area contributed by atoms with Gasteiger partial charge in [0.15, 0.2) is 5.82 Å². The molecular formula is C16H21N5O2. The molecule has 1 saturated heterocycles. The SMILES string of the molecule is Cn1cnnc1-c1ccc(NC(=O)N2CCCC[C@@H]2CO)cc1. The fourth-order valence-corrected chi connectivity index (χ4v) is 2.90. The molecule has 2 N–H and O–H groups in total. The maximum Gasteiger partial charge on any atom is 0.322 e. The Morgan fingerprint density at radius 1 is 1.35 bits per heavy atom. The van der Waals surface area contributed by atoms with Crippen molar-refractivity contribution in [2.24, 2.45) is 7.05 Å². The van der Waals surface area contributed by atoms with Crippen LogP contribution in [-0.4, -0.2) is 50.0 Å². The summed E-state index contributed by atoms with van der Waals surface area (Å²) >= 11 is 0. The van der Waals surface area contributed by atoms with Crippen LogP contribution in [0.1, 0.15) is 19.3 Å². The molecule has 1 aliphatic rings. The van der Waals surface area contributed by atoms with Crippen molar-refractivity contribution in [2.75, 3.05) is 18.5 Å². The Bertz CT molecular complexity index is 667. The number of nitrogens with zero attached hydrogens (tertiary/aromatic N) is 4. The first-order valence-corrected chi connectivity index (χ1v) is 7.82. The Balaban J connectivity index is 1.68. The molecule has 0 radical (unpaired) electrons. The van der Waals surface area contributed by atoms with E-state index in [0.717, 1.165) is 36.3 Å². The molecular weight excluding hydrogens is 294 g/mol. The second-order valence-electron chi connectivity index (χ2n) is 5.80. The van der Waals surface area contributed by atoms with Crippen LogP contribution in [0.4, 0.5) is 10.5 Å². The van der Waals surface area contributed by atoms with Crippen molar-refractivity contribution in [2.45, 2.75) is 25.3 Å². The molecule has 0 saturated carbocycles. The average molecular weight is 315 g/mol. The molecule has 2 amide bonds. The van der Waals surface area contributed by atoms with Gasteiger partial charge in [-0.1, -0.05) is 0 Å². The number of hydrogen-bond donors (Lipinski definition) is 2. The van der Waals surface area contributed by atoms with E-state index in [2.05, 4.69) is 15.5 Å². The normalized spacial score (nSPS) is 18.0. The quantitative estimate of drug-likeness (QED) is 0.905. The number of piperidine rings is 1. The van der Waals surface area contributed by atoms with Gasteiger partial charge in [-0.2, -0.15) is 0 Å². The third-order valence-corrected chi connectivity index (χ3v) is 4.20. The van der Waals surface area contributed by atoms with Crippen LogP contribution in [0.3, 0.4) is 0 Å². The highest BCUT2D eigenvalue weighted by Gasteiger charge is 2.25. The van der Waals surface area contributed by atoms with Crippen LogP contribution >= 0.6 is 0 Å². The summed E-state index contributed by atoms with van der Waals surface area (Å²) < 4.78 is 1.84. The van der Waals surface area contributed by atoms with Crippen LogP contribution in [0.2, 0.25) is 0 Å². The number of aliphatic hydroxyl groups is 1. The summed E-state index contributed by atoms with van der Waals surface area (Å²) in [6, 6.07) is 7.26. The van der Waals surface area contributed by atoms with Crippen LogP contribution < -0.4 is 5.32 Å². The van der Waals surface area contributed by atoms with Gasteiger partial charge in [-0.15, -0.1) is 10.2 Å². The number of aryl methyl sites for hydroxylation is 1. The molecule has 23 heavy (non-hydrogen) atoms. The van der Waals surface area contributed by atoms with E-state index in [1.54, 1.807) is 11.2 Å². The first kappa shape index (κ1) is 15.5. The lowest BCUT2D eigenvalue weighted by Gasteiger charge is -2.34. The first-order valence-electron chi connectivity index (χ1n) is 7.82. The summed E-state index contributed by atoms with van der Waals surface area (Å²) in [6.07, 6.45) is 4.54. The molecule has 0 aliphatic carbocycles. The van der Waals surface area contributed by atoms with Crippen molar-refractivity contribution >= 4 is 11.7 Å². The second kappa shape index (κ2) is 6.78. The number of carbonyl (C=O) groups excluding carboxylic acids is 1. The van der Waals surface area contributed by atoms with Gasteiger partial charge in [0.2, 0.25) is 0 Å². The minimum absolute atomic E-state index is 0.0124. The van der Waals surface area contributed by atoms with Gasteiger partial charge in [0.1, 0.15) is 6.33 Å². The van der Waals surface area contributed by atoms with Crippen LogP contribution in [0.5, 0.6) is 0 Å². The average Bonchev–Trinajstić information content (AvgIpc) is 3.01. The monoisotopic (exact) mass is 315 g/mol. The van der Waals surface area contributed by atoms with Crippen molar-refractivity contribution in [1.82, 2.24) is 19.7 Å². The second-order valence-corrected chi connectivity index (χ2v) is 5.80. The standard InChI is InChI=1S/C16H21N5O2/c1-20-11-17-19-15(20)12-5-7-13(8-6-12)18-16(23)21-9-3-2-4-14(21)10-22/h5-8,11,14,22H,2-4,9-10H2,1H3,(H,18,23)/t14-/m1/s1. The van der Waals surface area contributed by atoms with Gasteiger partial charge in [-0.05, 0) is 43.5 Å². The molecule has 7 nitrogen and oxygen atoms in total. The van der Waals surface area contributed by atoms with Crippen LogP contribution in [0.25, 0.3) is 11.4 Å².